The number of aryl methyl sites for hydroxylation is 1. The van der Waals surface area contributed by atoms with Crippen LogP contribution in [-0.4, -0.2) is 23.5 Å². The van der Waals surface area contributed by atoms with Gasteiger partial charge in [-0.15, -0.1) is 11.3 Å². The molecule has 0 saturated carbocycles. The average Bonchev–Trinajstić information content (AvgIpc) is 3.17. The fourth-order valence-electron chi connectivity index (χ4n) is 2.87. The van der Waals surface area contributed by atoms with Crippen molar-refractivity contribution < 1.29 is 27.8 Å². The number of halogens is 2. The molecule has 0 saturated heterocycles. The van der Waals surface area contributed by atoms with Crippen molar-refractivity contribution in [2.24, 2.45) is 0 Å². The Balaban J connectivity index is 1.72. The van der Waals surface area contributed by atoms with Gasteiger partial charge in [0.05, 0.1) is 16.9 Å². The van der Waals surface area contributed by atoms with E-state index in [1.807, 2.05) is 32.0 Å². The molecule has 3 rings (SSSR count). The summed E-state index contributed by atoms with van der Waals surface area (Å²) in [6.07, 6.45) is 0. The third-order valence-electron chi connectivity index (χ3n) is 4.51. The van der Waals surface area contributed by atoms with Crippen molar-refractivity contribution >= 4 is 34.0 Å². The van der Waals surface area contributed by atoms with Gasteiger partial charge < -0.3 is 9.47 Å². The summed E-state index contributed by atoms with van der Waals surface area (Å²) < 4.78 is 34.2. The Morgan fingerprint density at radius 1 is 1.16 bits per heavy atom. The van der Waals surface area contributed by atoms with Crippen molar-refractivity contribution in [1.82, 2.24) is 4.98 Å². The van der Waals surface area contributed by atoms with E-state index in [1.54, 1.807) is 5.38 Å². The number of anilines is 2. The minimum atomic E-state index is -2.99. The normalized spacial score (nSPS) is 10.8. The molecule has 0 bridgehead atoms. The summed E-state index contributed by atoms with van der Waals surface area (Å²) in [5.74, 6) is -1.03. The number of esters is 1. The second-order valence-corrected chi connectivity index (χ2v) is 7.51. The van der Waals surface area contributed by atoms with Crippen LogP contribution in [0.4, 0.5) is 19.6 Å². The van der Waals surface area contributed by atoms with Crippen LogP contribution in [0.1, 0.15) is 34.1 Å². The first kappa shape index (κ1) is 22.4. The molecule has 0 aliphatic rings. The Hall–Kier alpha value is -3.33. The maximum atomic E-state index is 12.3. The molecule has 0 aliphatic heterocycles. The zero-order chi connectivity index (χ0) is 22.5. The minimum absolute atomic E-state index is 0.0781. The van der Waals surface area contributed by atoms with E-state index in [1.165, 1.54) is 47.4 Å². The number of hydrogen-bond acceptors (Lipinski definition) is 6. The lowest BCUT2D eigenvalue weighted by molar-refractivity contribution is -0.115. The van der Waals surface area contributed by atoms with Crippen molar-refractivity contribution in [3.8, 4) is 5.75 Å². The predicted molar refractivity (Wildman–Crippen MR) is 113 cm³/mol. The first-order valence-electron chi connectivity index (χ1n) is 9.29. The van der Waals surface area contributed by atoms with Crippen molar-refractivity contribution in [3.05, 3.63) is 70.2 Å². The predicted octanol–water partition coefficient (Wildman–Crippen LogP) is 5.40. The molecule has 1 heterocycles. The number of benzene rings is 2. The van der Waals surface area contributed by atoms with Crippen molar-refractivity contribution in [1.29, 1.82) is 0 Å². The lowest BCUT2D eigenvalue weighted by Crippen LogP contribution is -2.23. The van der Waals surface area contributed by atoms with Crippen LogP contribution >= 0.6 is 11.3 Å². The molecule has 0 fully saturated rings. The molecule has 0 spiro atoms. The lowest BCUT2D eigenvalue weighted by atomic mass is 10.1. The fourth-order valence-corrected chi connectivity index (χ4v) is 3.74. The molecule has 1 aromatic heterocycles. The van der Waals surface area contributed by atoms with Crippen LogP contribution in [0.25, 0.3) is 0 Å². The van der Waals surface area contributed by atoms with Gasteiger partial charge in [0.15, 0.2) is 5.13 Å². The van der Waals surface area contributed by atoms with Crippen LogP contribution in [0.3, 0.4) is 0 Å². The highest BCUT2D eigenvalue weighted by atomic mass is 32.1. The highest BCUT2D eigenvalue weighted by Crippen LogP contribution is 2.32. The molecule has 0 unspecified atom stereocenters. The number of ether oxygens (including phenoxy) is 2. The van der Waals surface area contributed by atoms with E-state index in [0.29, 0.717) is 10.8 Å². The zero-order valence-corrected chi connectivity index (χ0v) is 17.9. The summed E-state index contributed by atoms with van der Waals surface area (Å²) in [4.78, 5) is 30.5. The summed E-state index contributed by atoms with van der Waals surface area (Å²) >= 11 is 1.25. The number of alkyl halides is 2. The molecule has 0 atom stereocenters. The van der Waals surface area contributed by atoms with Crippen LogP contribution in [-0.2, 0) is 16.1 Å². The van der Waals surface area contributed by atoms with E-state index in [2.05, 4.69) is 9.72 Å². The van der Waals surface area contributed by atoms with Gasteiger partial charge in [0.2, 0.25) is 5.91 Å². The van der Waals surface area contributed by atoms with Gasteiger partial charge in [-0.25, -0.2) is 9.78 Å². The van der Waals surface area contributed by atoms with E-state index in [4.69, 9.17) is 4.74 Å². The average molecular weight is 446 g/mol. The molecule has 1 amide bonds. The number of amides is 1. The summed E-state index contributed by atoms with van der Waals surface area (Å²) in [6, 6.07) is 11.0. The molecule has 3 aromatic rings. The van der Waals surface area contributed by atoms with Gasteiger partial charge >= 0.3 is 12.6 Å². The summed E-state index contributed by atoms with van der Waals surface area (Å²) in [7, 11) is 0. The van der Waals surface area contributed by atoms with Crippen molar-refractivity contribution in [3.63, 3.8) is 0 Å². The molecule has 31 heavy (non-hydrogen) atoms. The van der Waals surface area contributed by atoms with E-state index >= 15 is 0 Å². The van der Waals surface area contributed by atoms with Gasteiger partial charge in [0, 0.05) is 12.3 Å². The van der Waals surface area contributed by atoms with E-state index in [-0.39, 0.29) is 23.8 Å². The summed E-state index contributed by atoms with van der Waals surface area (Å²) in [6.45, 7) is 2.24. The second kappa shape index (κ2) is 9.65. The Bertz CT molecular complexity index is 1100. The number of thiazole rings is 1. The van der Waals surface area contributed by atoms with Crippen LogP contribution in [0.2, 0.25) is 0 Å². The van der Waals surface area contributed by atoms with E-state index in [0.717, 1.165) is 16.8 Å². The molecule has 162 valence electrons. The first-order valence-corrected chi connectivity index (χ1v) is 10.2. The second-order valence-electron chi connectivity index (χ2n) is 6.68. The van der Waals surface area contributed by atoms with Gasteiger partial charge in [-0.2, -0.15) is 8.78 Å². The number of rotatable bonds is 7. The maximum absolute atomic E-state index is 12.3. The van der Waals surface area contributed by atoms with E-state index < -0.39 is 12.6 Å². The third-order valence-corrected chi connectivity index (χ3v) is 5.38. The highest BCUT2D eigenvalue weighted by molar-refractivity contribution is 7.14. The molecular formula is C22H20F2N2O4S. The molecule has 6 nitrogen and oxygen atoms in total. The van der Waals surface area contributed by atoms with Gasteiger partial charge in [0.1, 0.15) is 12.4 Å². The molecule has 0 radical (unpaired) electrons. The topological polar surface area (TPSA) is 68.7 Å². The number of nitrogens with zero attached hydrogens (tertiary/aromatic N) is 2. The number of carbonyl (C=O) groups excluding carboxylic acids is 2. The van der Waals surface area contributed by atoms with Gasteiger partial charge in [-0.05, 0) is 49.2 Å². The minimum Gasteiger partial charge on any atom is -0.456 e. The smallest absolute Gasteiger partial charge is 0.387 e. The van der Waals surface area contributed by atoms with Crippen LogP contribution in [0.5, 0.6) is 5.75 Å². The van der Waals surface area contributed by atoms with Crippen LogP contribution in [0, 0.1) is 13.8 Å². The summed E-state index contributed by atoms with van der Waals surface area (Å²) in [5.41, 5.74) is 3.29. The van der Waals surface area contributed by atoms with Gasteiger partial charge in [0.25, 0.3) is 0 Å². The quantitative estimate of drug-likeness (QED) is 0.455. The highest BCUT2D eigenvalue weighted by Gasteiger charge is 2.21. The number of hydrogen-bond donors (Lipinski definition) is 0. The third kappa shape index (κ3) is 5.43. The molecule has 0 aliphatic carbocycles. The molecule has 9 heteroatoms. The number of carbonyl (C=O) groups is 2. The largest absolute Gasteiger partial charge is 0.456 e. The monoisotopic (exact) mass is 446 g/mol. The maximum Gasteiger partial charge on any atom is 0.387 e. The van der Waals surface area contributed by atoms with E-state index in [9.17, 15) is 18.4 Å². The van der Waals surface area contributed by atoms with Crippen LogP contribution < -0.4 is 9.64 Å². The van der Waals surface area contributed by atoms with Gasteiger partial charge in [-0.1, -0.05) is 18.2 Å². The fraction of sp³-hybridized carbons (Fsp3) is 0.227. The van der Waals surface area contributed by atoms with Crippen LogP contribution in [0.15, 0.2) is 47.8 Å². The van der Waals surface area contributed by atoms with Crippen molar-refractivity contribution in [2.75, 3.05) is 4.90 Å². The lowest BCUT2D eigenvalue weighted by Gasteiger charge is -2.21. The first-order chi connectivity index (χ1) is 14.8. The Morgan fingerprint density at radius 3 is 2.61 bits per heavy atom. The molecular weight excluding hydrogens is 426 g/mol. The molecule has 0 N–H and O–H groups in total. The zero-order valence-electron chi connectivity index (χ0n) is 17.1. The Kier molecular flexibility index (Phi) is 6.96. The Labute approximate surface area is 182 Å². The number of aromatic nitrogens is 1. The summed E-state index contributed by atoms with van der Waals surface area (Å²) in [5, 5.41) is 2.15. The standard InChI is InChI=1S/C22H20F2N2O4S/c1-13-6-4-9-19(14(13)2)26(15(3)27)22-25-17(12-31-22)11-29-20(28)16-7-5-8-18(10-16)30-21(23)24/h4-10,12,21H,11H2,1-3H3. The molecule has 2 aromatic carbocycles. The SMILES string of the molecule is CC(=O)N(c1nc(COC(=O)c2cccc(OC(F)F)c2)cs1)c1cccc(C)c1C. The van der Waals surface area contributed by atoms with Gasteiger partial charge in [-0.3, -0.25) is 9.69 Å². The van der Waals surface area contributed by atoms with Crippen molar-refractivity contribution in [2.45, 2.75) is 34.0 Å². The Morgan fingerprint density at radius 2 is 1.90 bits per heavy atom.